The maximum absolute atomic E-state index is 12.6. The second kappa shape index (κ2) is 7.66. The van der Waals surface area contributed by atoms with E-state index in [1.165, 1.54) is 17.7 Å². The Kier molecular flexibility index (Phi) is 5.35. The third kappa shape index (κ3) is 3.70. The molecule has 0 aliphatic carbocycles. The maximum Gasteiger partial charge on any atom is 0.268 e. The average molecular weight is 331 g/mol. The zero-order valence-corrected chi connectivity index (χ0v) is 14.2. The van der Waals surface area contributed by atoms with Crippen molar-refractivity contribution in [2.24, 2.45) is 0 Å². The third-order valence-corrected chi connectivity index (χ3v) is 4.59. The number of carbonyl (C=O) groups excluding carboxylic acids is 2. The second-order valence-corrected chi connectivity index (χ2v) is 6.31. The number of hydrogen-bond donors (Lipinski definition) is 1. The lowest BCUT2D eigenvalue weighted by atomic mass is 10.1. The van der Waals surface area contributed by atoms with Crippen LogP contribution in [0.5, 0.6) is 5.75 Å². The lowest BCUT2D eigenvalue weighted by Crippen LogP contribution is -2.50. The van der Waals surface area contributed by atoms with E-state index in [0.29, 0.717) is 24.4 Å². The molecule has 0 bridgehead atoms. The van der Waals surface area contributed by atoms with Crippen LogP contribution < -0.4 is 15.0 Å². The van der Waals surface area contributed by atoms with Gasteiger partial charge in [0.1, 0.15) is 12.3 Å². The van der Waals surface area contributed by atoms with Crippen LogP contribution in [0.3, 0.4) is 0 Å². The van der Waals surface area contributed by atoms with Crippen LogP contribution in [-0.4, -0.2) is 55.5 Å². The molecule has 0 radical (unpaired) electrons. The third-order valence-electron chi connectivity index (χ3n) is 4.59. The highest BCUT2D eigenvalue weighted by molar-refractivity contribution is 6.03. The first-order chi connectivity index (χ1) is 11.7. The van der Waals surface area contributed by atoms with Crippen LogP contribution in [0.4, 0.5) is 5.69 Å². The van der Waals surface area contributed by atoms with Gasteiger partial charge in [-0.1, -0.05) is 19.1 Å². The van der Waals surface area contributed by atoms with E-state index in [4.69, 9.17) is 4.74 Å². The van der Waals surface area contributed by atoms with Crippen molar-refractivity contribution in [3.8, 4) is 5.75 Å². The molecule has 1 fully saturated rings. The minimum absolute atomic E-state index is 0.0374. The summed E-state index contributed by atoms with van der Waals surface area (Å²) in [4.78, 5) is 28.7. The Balaban J connectivity index is 1.59. The number of likely N-dealkylation sites (tertiary alicyclic amines) is 1. The molecule has 1 aromatic rings. The van der Waals surface area contributed by atoms with Crippen LogP contribution in [0.2, 0.25) is 0 Å². The predicted octanol–water partition coefficient (Wildman–Crippen LogP) is 1.40. The molecule has 2 aliphatic heterocycles. The van der Waals surface area contributed by atoms with Gasteiger partial charge in [-0.05, 0) is 44.5 Å². The van der Waals surface area contributed by atoms with Gasteiger partial charge in [0.05, 0.1) is 5.69 Å². The van der Waals surface area contributed by atoms with Gasteiger partial charge in [0.25, 0.3) is 5.91 Å². The molecule has 0 spiro atoms. The molecule has 0 aromatic heterocycles. The zero-order valence-electron chi connectivity index (χ0n) is 14.2. The number of nitrogens with zero attached hydrogens (tertiary/aromatic N) is 2. The molecule has 0 unspecified atom stereocenters. The summed E-state index contributed by atoms with van der Waals surface area (Å²) in [7, 11) is 0. The van der Waals surface area contributed by atoms with E-state index < -0.39 is 6.10 Å². The van der Waals surface area contributed by atoms with Crippen LogP contribution >= 0.6 is 0 Å². The van der Waals surface area contributed by atoms with Crippen molar-refractivity contribution in [3.63, 3.8) is 0 Å². The van der Waals surface area contributed by atoms with Crippen LogP contribution in [-0.2, 0) is 9.59 Å². The first-order valence-corrected chi connectivity index (χ1v) is 8.75. The molecular weight excluding hydrogens is 306 g/mol. The van der Waals surface area contributed by atoms with Gasteiger partial charge in [-0.3, -0.25) is 14.5 Å². The van der Waals surface area contributed by atoms with Crippen molar-refractivity contribution in [3.05, 3.63) is 24.3 Å². The molecule has 2 heterocycles. The molecule has 3 rings (SSSR count). The van der Waals surface area contributed by atoms with Crippen LogP contribution in [0.1, 0.15) is 26.2 Å². The van der Waals surface area contributed by atoms with Crippen LogP contribution in [0.25, 0.3) is 0 Å². The standard InChI is InChI=1S/C18H25N3O3/c1-2-15-18(23)21(14-7-3-4-8-16(14)24-15)13-17(22)19-9-12-20-10-5-6-11-20/h3-4,7-8,15H,2,5-6,9-13H2,1H3,(H,19,22)/t15-/m1/s1. The minimum atomic E-state index is -0.516. The van der Waals surface area contributed by atoms with Crippen LogP contribution in [0.15, 0.2) is 24.3 Å². The summed E-state index contributed by atoms with van der Waals surface area (Å²) in [5.74, 6) is 0.383. The van der Waals surface area contributed by atoms with Gasteiger partial charge in [0.15, 0.2) is 6.10 Å². The Labute approximate surface area is 142 Å². The van der Waals surface area contributed by atoms with Gasteiger partial charge < -0.3 is 15.0 Å². The summed E-state index contributed by atoms with van der Waals surface area (Å²) in [5, 5.41) is 2.93. The number of benzene rings is 1. The quantitative estimate of drug-likeness (QED) is 0.856. The van der Waals surface area contributed by atoms with Crippen molar-refractivity contribution in [2.75, 3.05) is 37.6 Å². The largest absolute Gasteiger partial charge is 0.478 e. The summed E-state index contributed by atoms with van der Waals surface area (Å²) in [6, 6.07) is 7.37. The molecule has 2 amide bonds. The molecule has 1 atom stereocenters. The highest BCUT2D eigenvalue weighted by Gasteiger charge is 2.34. The van der Waals surface area contributed by atoms with Gasteiger partial charge in [-0.2, -0.15) is 0 Å². The monoisotopic (exact) mass is 331 g/mol. The van der Waals surface area contributed by atoms with Crippen LogP contribution in [0, 0.1) is 0 Å². The Hall–Kier alpha value is -2.08. The SMILES string of the molecule is CC[C@H]1Oc2ccccc2N(CC(=O)NCCN2CCCC2)C1=O. The zero-order chi connectivity index (χ0) is 16.9. The molecule has 6 heteroatoms. The summed E-state index contributed by atoms with van der Waals surface area (Å²) < 4.78 is 5.72. The number of carbonyl (C=O) groups is 2. The topological polar surface area (TPSA) is 61.9 Å². The Morgan fingerprint density at radius 2 is 2.04 bits per heavy atom. The van der Waals surface area contributed by atoms with E-state index in [2.05, 4.69) is 10.2 Å². The maximum atomic E-state index is 12.6. The number of nitrogens with one attached hydrogen (secondary N) is 1. The van der Waals surface area contributed by atoms with Crippen molar-refractivity contribution < 1.29 is 14.3 Å². The normalized spacial score (nSPS) is 20.6. The first kappa shape index (κ1) is 16.8. The number of amides is 2. The molecule has 1 aromatic carbocycles. The van der Waals surface area contributed by atoms with Gasteiger partial charge in [0.2, 0.25) is 5.91 Å². The number of fused-ring (bicyclic) bond motifs is 1. The summed E-state index contributed by atoms with van der Waals surface area (Å²) in [6.45, 7) is 5.67. The van der Waals surface area contributed by atoms with Crippen molar-refractivity contribution in [1.29, 1.82) is 0 Å². The fraction of sp³-hybridized carbons (Fsp3) is 0.556. The fourth-order valence-corrected chi connectivity index (χ4v) is 3.26. The van der Waals surface area contributed by atoms with Gasteiger partial charge in [0, 0.05) is 13.1 Å². The van der Waals surface area contributed by atoms with Gasteiger partial charge >= 0.3 is 0 Å². The van der Waals surface area contributed by atoms with E-state index in [1.54, 1.807) is 0 Å². The fourth-order valence-electron chi connectivity index (χ4n) is 3.26. The number of hydrogen-bond acceptors (Lipinski definition) is 4. The predicted molar refractivity (Wildman–Crippen MR) is 92.2 cm³/mol. The molecule has 2 aliphatic rings. The Morgan fingerprint density at radius 1 is 1.29 bits per heavy atom. The van der Waals surface area contributed by atoms with Crippen molar-refractivity contribution >= 4 is 17.5 Å². The number of anilines is 1. The van der Waals surface area contributed by atoms with E-state index in [0.717, 1.165) is 19.6 Å². The highest BCUT2D eigenvalue weighted by Crippen LogP contribution is 2.34. The molecule has 6 nitrogen and oxygen atoms in total. The summed E-state index contributed by atoms with van der Waals surface area (Å²) >= 11 is 0. The summed E-state index contributed by atoms with van der Waals surface area (Å²) in [5.41, 5.74) is 0.668. The average Bonchev–Trinajstić information content (AvgIpc) is 3.10. The molecule has 0 saturated carbocycles. The van der Waals surface area contributed by atoms with E-state index in [9.17, 15) is 9.59 Å². The van der Waals surface area contributed by atoms with E-state index >= 15 is 0 Å². The molecule has 24 heavy (non-hydrogen) atoms. The molecule has 130 valence electrons. The van der Waals surface area contributed by atoms with Crippen molar-refractivity contribution in [2.45, 2.75) is 32.3 Å². The van der Waals surface area contributed by atoms with E-state index in [-0.39, 0.29) is 18.4 Å². The Bertz CT molecular complexity index is 599. The van der Waals surface area contributed by atoms with E-state index in [1.807, 2.05) is 31.2 Å². The number of para-hydroxylation sites is 2. The second-order valence-electron chi connectivity index (χ2n) is 6.31. The number of ether oxygens (including phenoxy) is 1. The Morgan fingerprint density at radius 3 is 2.79 bits per heavy atom. The molecular formula is C18H25N3O3. The van der Waals surface area contributed by atoms with Gasteiger partial charge in [-0.15, -0.1) is 0 Å². The lowest BCUT2D eigenvalue weighted by Gasteiger charge is -2.33. The van der Waals surface area contributed by atoms with Gasteiger partial charge in [-0.25, -0.2) is 0 Å². The summed E-state index contributed by atoms with van der Waals surface area (Å²) in [6.07, 6.45) is 2.55. The molecule has 1 N–H and O–H groups in total. The smallest absolute Gasteiger partial charge is 0.268 e. The molecule has 1 saturated heterocycles. The highest BCUT2D eigenvalue weighted by atomic mass is 16.5. The first-order valence-electron chi connectivity index (χ1n) is 8.75. The minimum Gasteiger partial charge on any atom is -0.478 e. The lowest BCUT2D eigenvalue weighted by molar-refractivity contribution is -0.129. The van der Waals surface area contributed by atoms with Crippen molar-refractivity contribution in [1.82, 2.24) is 10.2 Å². The number of rotatable bonds is 6.